The average Bonchev–Trinajstić information content (AvgIpc) is 2.39. The summed E-state index contributed by atoms with van der Waals surface area (Å²) < 4.78 is 0. The van der Waals surface area contributed by atoms with Gasteiger partial charge >= 0.3 is 0 Å². The van der Waals surface area contributed by atoms with Crippen molar-refractivity contribution in [2.75, 3.05) is 0 Å². The van der Waals surface area contributed by atoms with Crippen LogP contribution in [0.15, 0.2) is 53.6 Å². The first kappa shape index (κ1) is 10.7. The number of fused-ring (bicyclic) bond motifs is 1. The van der Waals surface area contributed by atoms with Crippen LogP contribution in [0.3, 0.4) is 0 Å². The van der Waals surface area contributed by atoms with Crippen LogP contribution in [0.4, 0.5) is 0 Å². The van der Waals surface area contributed by atoms with Crippen molar-refractivity contribution in [3.05, 3.63) is 64.7 Å². The molecule has 0 aliphatic carbocycles. The van der Waals surface area contributed by atoms with Gasteiger partial charge < -0.3 is 4.98 Å². The molecule has 0 unspecified atom stereocenters. The van der Waals surface area contributed by atoms with Gasteiger partial charge in [0.2, 0.25) is 0 Å². The standard InChI is InChI=1S/C15H12N2O/c1-10-3-2-4-11(7-10)14-8-13-12(9-17-14)5-6-16-15(13)18/h2-9H,1H3,(H,16,18). The fraction of sp³-hybridized carbons (Fsp3) is 0.0667. The van der Waals surface area contributed by atoms with Gasteiger partial charge in [0.25, 0.3) is 5.56 Å². The van der Waals surface area contributed by atoms with E-state index in [0.717, 1.165) is 16.6 Å². The highest BCUT2D eigenvalue weighted by molar-refractivity contribution is 5.84. The molecule has 0 fully saturated rings. The van der Waals surface area contributed by atoms with Gasteiger partial charge in [0.05, 0.1) is 11.1 Å². The minimum Gasteiger partial charge on any atom is -0.329 e. The van der Waals surface area contributed by atoms with Crippen molar-refractivity contribution in [3.8, 4) is 11.3 Å². The number of hydrogen-bond donors (Lipinski definition) is 1. The largest absolute Gasteiger partial charge is 0.329 e. The Hall–Kier alpha value is -2.42. The molecule has 0 aliphatic rings. The minimum absolute atomic E-state index is 0.0798. The summed E-state index contributed by atoms with van der Waals surface area (Å²) in [5.74, 6) is 0. The van der Waals surface area contributed by atoms with Crippen molar-refractivity contribution in [1.29, 1.82) is 0 Å². The van der Waals surface area contributed by atoms with Crippen LogP contribution >= 0.6 is 0 Å². The number of nitrogens with zero attached hydrogens (tertiary/aromatic N) is 1. The highest BCUT2D eigenvalue weighted by atomic mass is 16.1. The summed E-state index contributed by atoms with van der Waals surface area (Å²) in [4.78, 5) is 18.8. The lowest BCUT2D eigenvalue weighted by Crippen LogP contribution is -2.04. The zero-order chi connectivity index (χ0) is 12.5. The highest BCUT2D eigenvalue weighted by Crippen LogP contribution is 2.20. The van der Waals surface area contributed by atoms with Gasteiger partial charge in [0.15, 0.2) is 0 Å². The lowest BCUT2D eigenvalue weighted by atomic mass is 10.1. The molecule has 3 aromatic rings. The van der Waals surface area contributed by atoms with Gasteiger partial charge in [-0.25, -0.2) is 0 Å². The molecule has 0 saturated heterocycles. The fourth-order valence-electron chi connectivity index (χ4n) is 2.04. The van der Waals surface area contributed by atoms with E-state index in [9.17, 15) is 4.79 Å². The number of aryl methyl sites for hydroxylation is 1. The lowest BCUT2D eigenvalue weighted by Gasteiger charge is -2.03. The molecule has 1 N–H and O–H groups in total. The molecule has 1 aromatic carbocycles. The molecule has 3 nitrogen and oxygen atoms in total. The van der Waals surface area contributed by atoms with Crippen molar-refractivity contribution in [3.63, 3.8) is 0 Å². The quantitative estimate of drug-likeness (QED) is 0.706. The first-order valence-corrected chi connectivity index (χ1v) is 5.78. The molecule has 0 bridgehead atoms. The molecule has 3 rings (SSSR count). The monoisotopic (exact) mass is 236 g/mol. The first-order valence-electron chi connectivity index (χ1n) is 5.78. The van der Waals surface area contributed by atoms with Crippen molar-refractivity contribution < 1.29 is 0 Å². The SMILES string of the molecule is Cc1cccc(-c2cc3c(=O)[nH]ccc3cn2)c1. The summed E-state index contributed by atoms with van der Waals surface area (Å²) in [6.07, 6.45) is 3.38. The molecule has 18 heavy (non-hydrogen) atoms. The van der Waals surface area contributed by atoms with Gasteiger partial charge in [-0.1, -0.05) is 23.8 Å². The van der Waals surface area contributed by atoms with Gasteiger partial charge in [-0.3, -0.25) is 9.78 Å². The van der Waals surface area contributed by atoms with Gasteiger partial charge in [-0.15, -0.1) is 0 Å². The van der Waals surface area contributed by atoms with Crippen LogP contribution in [0.2, 0.25) is 0 Å². The molecule has 0 radical (unpaired) electrons. The second-order valence-electron chi connectivity index (χ2n) is 4.33. The zero-order valence-corrected chi connectivity index (χ0v) is 9.97. The molecule has 0 saturated carbocycles. The summed E-state index contributed by atoms with van der Waals surface area (Å²) in [6.45, 7) is 2.04. The summed E-state index contributed by atoms with van der Waals surface area (Å²) in [5, 5.41) is 1.53. The van der Waals surface area contributed by atoms with Crippen LogP contribution in [0.5, 0.6) is 0 Å². The van der Waals surface area contributed by atoms with E-state index in [1.165, 1.54) is 5.56 Å². The topological polar surface area (TPSA) is 45.8 Å². The van der Waals surface area contributed by atoms with Crippen molar-refractivity contribution in [2.24, 2.45) is 0 Å². The maximum atomic E-state index is 11.7. The van der Waals surface area contributed by atoms with E-state index >= 15 is 0 Å². The summed E-state index contributed by atoms with van der Waals surface area (Å²) >= 11 is 0. The Balaban J connectivity index is 2.25. The molecular weight excluding hydrogens is 224 g/mol. The molecule has 0 aliphatic heterocycles. The van der Waals surface area contributed by atoms with Gasteiger partial charge in [0.1, 0.15) is 0 Å². The van der Waals surface area contributed by atoms with E-state index in [1.807, 2.05) is 37.3 Å². The number of rotatable bonds is 1. The fourth-order valence-corrected chi connectivity index (χ4v) is 2.04. The molecule has 0 amide bonds. The maximum absolute atomic E-state index is 11.7. The number of benzene rings is 1. The van der Waals surface area contributed by atoms with E-state index < -0.39 is 0 Å². The van der Waals surface area contributed by atoms with E-state index in [2.05, 4.69) is 16.0 Å². The number of aromatic amines is 1. The highest BCUT2D eigenvalue weighted by Gasteiger charge is 2.03. The predicted molar refractivity (Wildman–Crippen MR) is 72.5 cm³/mol. The second-order valence-corrected chi connectivity index (χ2v) is 4.33. The number of H-pyrrole nitrogens is 1. The lowest BCUT2D eigenvalue weighted by molar-refractivity contribution is 1.26. The molecule has 0 spiro atoms. The Bertz CT molecular complexity index is 775. The number of pyridine rings is 2. The van der Waals surface area contributed by atoms with Gasteiger partial charge in [-0.2, -0.15) is 0 Å². The molecular formula is C15H12N2O. The smallest absolute Gasteiger partial charge is 0.255 e. The van der Waals surface area contributed by atoms with Crippen molar-refractivity contribution >= 4 is 10.8 Å². The zero-order valence-electron chi connectivity index (χ0n) is 9.97. The Morgan fingerprint density at radius 3 is 2.89 bits per heavy atom. The van der Waals surface area contributed by atoms with Crippen LogP contribution in [-0.4, -0.2) is 9.97 Å². The summed E-state index contributed by atoms with van der Waals surface area (Å²) in [7, 11) is 0. The van der Waals surface area contributed by atoms with E-state index in [0.29, 0.717) is 5.39 Å². The van der Waals surface area contributed by atoms with E-state index in [-0.39, 0.29) is 5.56 Å². The third kappa shape index (κ3) is 1.80. The molecule has 88 valence electrons. The Kier molecular flexibility index (Phi) is 2.45. The van der Waals surface area contributed by atoms with E-state index in [1.54, 1.807) is 12.4 Å². The van der Waals surface area contributed by atoms with Crippen LogP contribution in [0.1, 0.15) is 5.56 Å². The maximum Gasteiger partial charge on any atom is 0.255 e. The van der Waals surface area contributed by atoms with Crippen molar-refractivity contribution in [1.82, 2.24) is 9.97 Å². The van der Waals surface area contributed by atoms with E-state index in [4.69, 9.17) is 0 Å². The van der Waals surface area contributed by atoms with Crippen LogP contribution < -0.4 is 5.56 Å². The molecule has 2 heterocycles. The number of aromatic nitrogens is 2. The average molecular weight is 236 g/mol. The summed E-state index contributed by atoms with van der Waals surface area (Å²) in [6, 6.07) is 11.8. The van der Waals surface area contributed by atoms with Crippen LogP contribution in [0, 0.1) is 6.92 Å². The van der Waals surface area contributed by atoms with Crippen molar-refractivity contribution in [2.45, 2.75) is 6.92 Å². The normalized spacial score (nSPS) is 10.7. The summed E-state index contributed by atoms with van der Waals surface area (Å²) in [5.41, 5.74) is 2.95. The predicted octanol–water partition coefficient (Wildman–Crippen LogP) is 2.90. The molecule has 0 atom stereocenters. The Morgan fingerprint density at radius 1 is 1.17 bits per heavy atom. The van der Waals surface area contributed by atoms with Gasteiger partial charge in [0, 0.05) is 23.3 Å². The van der Waals surface area contributed by atoms with Crippen LogP contribution in [0.25, 0.3) is 22.0 Å². The Labute approximate surface area is 104 Å². The minimum atomic E-state index is -0.0798. The third-order valence-corrected chi connectivity index (χ3v) is 2.97. The van der Waals surface area contributed by atoms with Gasteiger partial charge in [-0.05, 0) is 25.1 Å². The molecule has 2 aromatic heterocycles. The number of hydrogen-bond acceptors (Lipinski definition) is 2. The molecule has 3 heteroatoms. The van der Waals surface area contributed by atoms with Crippen LogP contribution in [-0.2, 0) is 0 Å². The Morgan fingerprint density at radius 2 is 2.06 bits per heavy atom. The second kappa shape index (κ2) is 4.11. The number of nitrogens with one attached hydrogen (secondary N) is 1. The third-order valence-electron chi connectivity index (χ3n) is 2.97. The first-order chi connectivity index (χ1) is 8.74.